The van der Waals surface area contributed by atoms with Crippen molar-refractivity contribution in [3.8, 4) is 11.5 Å². The first-order chi connectivity index (χ1) is 21.3. The van der Waals surface area contributed by atoms with Gasteiger partial charge in [-0.15, -0.1) is 11.3 Å². The third-order valence-electron chi connectivity index (χ3n) is 7.42. The summed E-state index contributed by atoms with van der Waals surface area (Å²) in [5, 5.41) is 9.13. The van der Waals surface area contributed by atoms with Crippen LogP contribution in [0.25, 0.3) is 10.2 Å². The van der Waals surface area contributed by atoms with Crippen molar-refractivity contribution in [2.75, 3.05) is 23.3 Å². The highest BCUT2D eigenvalue weighted by molar-refractivity contribution is 7.21. The summed E-state index contributed by atoms with van der Waals surface area (Å²) in [6, 6.07) is 16.1. The Morgan fingerprint density at radius 3 is 2.68 bits per heavy atom. The minimum atomic E-state index is -0.391. The van der Waals surface area contributed by atoms with Gasteiger partial charge >= 0.3 is 6.03 Å². The van der Waals surface area contributed by atoms with Gasteiger partial charge in [0.2, 0.25) is 11.8 Å². The molecule has 4 heterocycles. The van der Waals surface area contributed by atoms with Crippen LogP contribution in [0.1, 0.15) is 35.0 Å². The molecule has 0 saturated carbocycles. The van der Waals surface area contributed by atoms with Gasteiger partial charge in [-0.3, -0.25) is 19.3 Å². The number of piperidine rings is 1. The first kappa shape index (κ1) is 28.9. The van der Waals surface area contributed by atoms with Gasteiger partial charge in [0.1, 0.15) is 21.2 Å². The molecule has 0 bridgehead atoms. The largest absolute Gasteiger partial charge is 0.457 e. The third-order valence-corrected chi connectivity index (χ3v) is 8.52. The van der Waals surface area contributed by atoms with Gasteiger partial charge in [-0.1, -0.05) is 18.2 Å². The van der Waals surface area contributed by atoms with E-state index >= 15 is 0 Å². The number of benzene rings is 2. The van der Waals surface area contributed by atoms with Crippen molar-refractivity contribution in [3.05, 3.63) is 83.5 Å². The zero-order valence-corrected chi connectivity index (χ0v) is 24.9. The minimum absolute atomic E-state index is 0.245. The molecule has 2 aliphatic rings. The number of hydrogen-bond acceptors (Lipinski definition) is 7. The number of aromatic nitrogens is 1. The number of para-hydroxylation sites is 1. The lowest BCUT2D eigenvalue weighted by Gasteiger charge is -2.32. The number of anilines is 3. The van der Waals surface area contributed by atoms with Gasteiger partial charge in [0, 0.05) is 44.5 Å². The van der Waals surface area contributed by atoms with Gasteiger partial charge in [-0.25, -0.2) is 9.78 Å². The van der Waals surface area contributed by atoms with E-state index in [1.165, 1.54) is 30.5 Å². The van der Waals surface area contributed by atoms with Crippen LogP contribution in [-0.2, 0) is 9.59 Å². The summed E-state index contributed by atoms with van der Waals surface area (Å²) >= 11 is 1.21. The van der Waals surface area contributed by atoms with Crippen molar-refractivity contribution >= 4 is 62.4 Å². The number of urea groups is 1. The highest BCUT2D eigenvalue weighted by atomic mass is 32.1. The van der Waals surface area contributed by atoms with Crippen LogP contribution in [0.2, 0.25) is 0 Å². The SMILES string of the molecule is CC(=O)NC=CC(=O)N1CCCC(NC(=O)c2sc3nccc4c3c2NC(=O)N4c2ccc(Oc3ccccc3)cc2C)C1. The van der Waals surface area contributed by atoms with Crippen LogP contribution < -0.4 is 25.6 Å². The second-order valence-electron chi connectivity index (χ2n) is 10.6. The van der Waals surface area contributed by atoms with Crippen molar-refractivity contribution in [1.29, 1.82) is 0 Å². The predicted octanol–water partition coefficient (Wildman–Crippen LogP) is 5.45. The van der Waals surface area contributed by atoms with Crippen molar-refractivity contribution in [1.82, 2.24) is 20.5 Å². The topological polar surface area (TPSA) is 133 Å². The van der Waals surface area contributed by atoms with Gasteiger partial charge in [0.05, 0.1) is 22.4 Å². The highest BCUT2D eigenvalue weighted by Gasteiger charge is 2.34. The summed E-state index contributed by atoms with van der Waals surface area (Å²) in [5.74, 6) is 0.516. The molecular formula is C32H30N6O5S. The maximum atomic E-state index is 13.6. The van der Waals surface area contributed by atoms with Gasteiger partial charge in [0.25, 0.3) is 5.91 Å². The van der Waals surface area contributed by atoms with Crippen LogP contribution in [0, 0.1) is 6.92 Å². The molecule has 1 unspecified atom stereocenters. The zero-order valence-electron chi connectivity index (χ0n) is 24.1. The van der Waals surface area contributed by atoms with E-state index in [2.05, 4.69) is 20.9 Å². The third kappa shape index (κ3) is 5.84. The monoisotopic (exact) mass is 610 g/mol. The van der Waals surface area contributed by atoms with Gasteiger partial charge in [-0.2, -0.15) is 0 Å². The fourth-order valence-corrected chi connectivity index (χ4v) is 6.45. The molecule has 3 N–H and O–H groups in total. The number of rotatable bonds is 7. The average Bonchev–Trinajstić information content (AvgIpc) is 3.38. The minimum Gasteiger partial charge on any atom is -0.457 e. The number of nitrogens with one attached hydrogen (secondary N) is 3. The Morgan fingerprint density at radius 1 is 1.09 bits per heavy atom. The fraction of sp³-hybridized carbons (Fsp3) is 0.219. The first-order valence-corrected chi connectivity index (χ1v) is 15.0. The first-order valence-electron chi connectivity index (χ1n) is 14.2. The Hall–Kier alpha value is -5.23. The maximum Gasteiger partial charge on any atom is 0.331 e. The summed E-state index contributed by atoms with van der Waals surface area (Å²) < 4.78 is 5.97. The highest BCUT2D eigenvalue weighted by Crippen LogP contribution is 2.46. The van der Waals surface area contributed by atoms with Crippen LogP contribution in [0.4, 0.5) is 21.9 Å². The number of nitrogens with zero attached hydrogens (tertiary/aromatic N) is 3. The number of pyridine rings is 1. The molecule has 0 spiro atoms. The molecule has 11 nitrogen and oxygen atoms in total. The van der Waals surface area contributed by atoms with Crippen molar-refractivity contribution < 1.29 is 23.9 Å². The number of carbonyl (C=O) groups excluding carboxylic acids is 4. The van der Waals surface area contributed by atoms with Crippen molar-refractivity contribution in [2.45, 2.75) is 32.7 Å². The molecule has 6 rings (SSSR count). The second-order valence-corrected chi connectivity index (χ2v) is 11.6. The van der Waals surface area contributed by atoms with Gasteiger partial charge in [-0.05, 0) is 61.7 Å². The Labute approximate surface area is 257 Å². The van der Waals surface area contributed by atoms with Gasteiger partial charge < -0.3 is 25.6 Å². The molecule has 0 aliphatic carbocycles. The molecule has 2 aromatic heterocycles. The van der Waals surface area contributed by atoms with E-state index in [4.69, 9.17) is 4.74 Å². The lowest BCUT2D eigenvalue weighted by atomic mass is 10.1. The number of thiophene rings is 1. The smallest absolute Gasteiger partial charge is 0.331 e. The number of amides is 5. The lowest BCUT2D eigenvalue weighted by Crippen LogP contribution is -2.49. The van der Waals surface area contributed by atoms with E-state index in [0.29, 0.717) is 63.2 Å². The summed E-state index contributed by atoms with van der Waals surface area (Å²) in [6.07, 6.45) is 5.68. The molecule has 44 heavy (non-hydrogen) atoms. The Kier molecular flexibility index (Phi) is 7.99. The van der Waals surface area contributed by atoms with E-state index in [1.807, 2.05) is 55.5 Å². The van der Waals surface area contributed by atoms with E-state index in [0.717, 1.165) is 12.0 Å². The number of likely N-dealkylation sites (tertiary alicyclic amines) is 1. The fourth-order valence-electron chi connectivity index (χ4n) is 5.43. The quantitative estimate of drug-likeness (QED) is 0.238. The number of carbonyl (C=O) groups is 4. The molecule has 5 amide bonds. The lowest BCUT2D eigenvalue weighted by molar-refractivity contribution is -0.127. The van der Waals surface area contributed by atoms with Gasteiger partial charge in [0.15, 0.2) is 0 Å². The number of aryl methyl sites for hydroxylation is 1. The molecule has 1 atom stereocenters. The van der Waals surface area contributed by atoms with E-state index in [9.17, 15) is 19.2 Å². The normalized spacial score (nSPS) is 16.1. The zero-order chi connectivity index (χ0) is 30.8. The summed E-state index contributed by atoms with van der Waals surface area (Å²) in [7, 11) is 0. The number of ether oxygens (including phenoxy) is 1. The van der Waals surface area contributed by atoms with Crippen molar-refractivity contribution in [3.63, 3.8) is 0 Å². The summed E-state index contributed by atoms with van der Waals surface area (Å²) in [5.41, 5.74) is 2.57. The maximum absolute atomic E-state index is 13.6. The molecule has 2 aliphatic heterocycles. The molecule has 0 radical (unpaired) electrons. The van der Waals surface area contributed by atoms with E-state index in [1.54, 1.807) is 22.1 Å². The van der Waals surface area contributed by atoms with Crippen LogP contribution in [-0.4, -0.2) is 52.8 Å². The molecule has 12 heteroatoms. The summed E-state index contributed by atoms with van der Waals surface area (Å²) in [6.45, 7) is 4.17. The summed E-state index contributed by atoms with van der Waals surface area (Å²) in [4.78, 5) is 59.5. The van der Waals surface area contributed by atoms with Crippen molar-refractivity contribution in [2.24, 2.45) is 0 Å². The second kappa shape index (κ2) is 12.2. The van der Waals surface area contributed by atoms with Crippen LogP contribution in [0.15, 0.2) is 73.1 Å². The van der Waals surface area contributed by atoms with Crippen LogP contribution in [0.5, 0.6) is 11.5 Å². The Balaban J connectivity index is 1.23. The van der Waals surface area contributed by atoms with E-state index < -0.39 is 6.03 Å². The molecule has 2 aromatic carbocycles. The molecule has 1 fully saturated rings. The predicted molar refractivity (Wildman–Crippen MR) is 168 cm³/mol. The molecule has 224 valence electrons. The van der Waals surface area contributed by atoms with Crippen LogP contribution >= 0.6 is 11.3 Å². The Morgan fingerprint density at radius 2 is 1.91 bits per heavy atom. The van der Waals surface area contributed by atoms with E-state index in [-0.39, 0.29) is 23.8 Å². The molecular weight excluding hydrogens is 580 g/mol. The average molecular weight is 611 g/mol. The molecule has 1 saturated heterocycles. The molecule has 4 aromatic rings. The standard InChI is InChI=1S/C32H30N6O5S/c1-19-17-23(43-22-8-4-3-5-9-22)10-11-24(19)38-25-12-14-34-31-27(25)28(36-32(38)42)29(44-31)30(41)35-21-7-6-16-37(18-21)26(40)13-15-33-20(2)39/h3-5,8-15,17,21H,6-7,16,18H2,1-2H3,(H,33,39)(H,35,41)(H,36,42). The Bertz CT molecular complexity index is 1800. The number of hydrogen-bond donors (Lipinski definition) is 3. The van der Waals surface area contributed by atoms with Crippen LogP contribution in [0.3, 0.4) is 0 Å².